The maximum atomic E-state index is 10.9. The van der Waals surface area contributed by atoms with Crippen molar-refractivity contribution in [2.24, 2.45) is 0 Å². The first kappa shape index (κ1) is 12.1. The van der Waals surface area contributed by atoms with Crippen LogP contribution in [0.3, 0.4) is 0 Å². The van der Waals surface area contributed by atoms with Gasteiger partial charge in [0.25, 0.3) is 0 Å². The van der Waals surface area contributed by atoms with Crippen molar-refractivity contribution in [2.75, 3.05) is 0 Å². The van der Waals surface area contributed by atoms with Gasteiger partial charge in [-0.25, -0.2) is 0 Å². The summed E-state index contributed by atoms with van der Waals surface area (Å²) in [4.78, 5) is 15.5. The summed E-state index contributed by atoms with van der Waals surface area (Å²) in [5.74, 6) is 0.621. The summed E-state index contributed by atoms with van der Waals surface area (Å²) in [6, 6.07) is 6.14. The Morgan fingerprint density at radius 1 is 1.35 bits per heavy atom. The van der Waals surface area contributed by atoms with Crippen molar-refractivity contribution in [2.45, 2.75) is 51.5 Å². The molecule has 17 heavy (non-hydrogen) atoms. The van der Waals surface area contributed by atoms with Crippen LogP contribution in [0.5, 0.6) is 0 Å². The fourth-order valence-electron chi connectivity index (χ4n) is 2.44. The van der Waals surface area contributed by atoms with Crippen molar-refractivity contribution in [3.05, 3.63) is 29.6 Å². The minimum Gasteiger partial charge on any atom is -0.351 e. The molecule has 3 nitrogen and oxygen atoms in total. The van der Waals surface area contributed by atoms with Crippen LogP contribution in [0.15, 0.2) is 18.2 Å². The Morgan fingerprint density at radius 3 is 2.82 bits per heavy atom. The van der Waals surface area contributed by atoms with E-state index in [1.165, 1.54) is 44.7 Å². The zero-order valence-electron chi connectivity index (χ0n) is 10.4. The zero-order chi connectivity index (χ0) is 12.1. The third-order valence-electron chi connectivity index (χ3n) is 3.37. The van der Waals surface area contributed by atoms with Crippen LogP contribution < -0.4 is 5.32 Å². The van der Waals surface area contributed by atoms with Crippen LogP contribution in [0, 0.1) is 0 Å². The maximum Gasteiger partial charge on any atom is 0.217 e. The van der Waals surface area contributed by atoms with Crippen LogP contribution in [0.1, 0.15) is 56.3 Å². The molecule has 1 N–H and O–H groups in total. The number of nitrogens with zero attached hydrogens (tertiary/aromatic N) is 1. The number of amides is 1. The number of rotatable bonds is 3. The molecule has 0 spiro atoms. The Morgan fingerprint density at radius 2 is 2.12 bits per heavy atom. The predicted molar refractivity (Wildman–Crippen MR) is 67.6 cm³/mol. The average Bonchev–Trinajstić information content (AvgIpc) is 2.38. The molecular weight excluding hydrogens is 212 g/mol. The molecule has 1 saturated carbocycles. The Hall–Kier alpha value is -1.38. The fourth-order valence-corrected chi connectivity index (χ4v) is 2.44. The molecule has 0 aromatic carbocycles. The van der Waals surface area contributed by atoms with Crippen LogP contribution in [0.4, 0.5) is 0 Å². The summed E-state index contributed by atoms with van der Waals surface area (Å²) in [6.07, 6.45) is 6.53. The van der Waals surface area contributed by atoms with Crippen LogP contribution in [-0.2, 0) is 11.3 Å². The highest BCUT2D eigenvalue weighted by Crippen LogP contribution is 2.31. The van der Waals surface area contributed by atoms with Gasteiger partial charge < -0.3 is 5.32 Å². The van der Waals surface area contributed by atoms with Crippen molar-refractivity contribution in [1.82, 2.24) is 10.3 Å². The second-order valence-electron chi connectivity index (χ2n) is 4.80. The molecule has 1 aromatic rings. The maximum absolute atomic E-state index is 10.9. The molecule has 1 aliphatic carbocycles. The number of carbonyl (C=O) groups is 1. The molecule has 3 heteroatoms. The van der Waals surface area contributed by atoms with Gasteiger partial charge in [0, 0.05) is 18.5 Å². The van der Waals surface area contributed by atoms with Gasteiger partial charge in [-0.2, -0.15) is 0 Å². The number of hydrogen-bond donors (Lipinski definition) is 1. The fraction of sp³-hybridized carbons (Fsp3) is 0.571. The Balaban J connectivity index is 2.02. The van der Waals surface area contributed by atoms with E-state index < -0.39 is 0 Å². The molecule has 1 aliphatic rings. The second kappa shape index (κ2) is 5.80. The highest BCUT2D eigenvalue weighted by molar-refractivity contribution is 5.72. The van der Waals surface area contributed by atoms with Crippen molar-refractivity contribution in [1.29, 1.82) is 0 Å². The monoisotopic (exact) mass is 232 g/mol. The summed E-state index contributed by atoms with van der Waals surface area (Å²) >= 11 is 0. The van der Waals surface area contributed by atoms with Gasteiger partial charge in [-0.3, -0.25) is 9.78 Å². The average molecular weight is 232 g/mol. The standard InChI is InChI=1S/C14H20N2O/c1-11(17)15-10-13-8-5-9-14(16-13)12-6-3-2-4-7-12/h5,8-9,12H,2-4,6-7,10H2,1H3,(H,15,17). The lowest BCUT2D eigenvalue weighted by atomic mass is 9.86. The highest BCUT2D eigenvalue weighted by atomic mass is 16.1. The van der Waals surface area contributed by atoms with Crippen LogP contribution in [0.2, 0.25) is 0 Å². The van der Waals surface area contributed by atoms with Crippen LogP contribution in [0.25, 0.3) is 0 Å². The van der Waals surface area contributed by atoms with Crippen LogP contribution in [-0.4, -0.2) is 10.9 Å². The third-order valence-corrected chi connectivity index (χ3v) is 3.37. The summed E-state index contributed by atoms with van der Waals surface area (Å²) in [6.45, 7) is 2.07. The summed E-state index contributed by atoms with van der Waals surface area (Å²) in [5, 5.41) is 2.79. The molecule has 1 aromatic heterocycles. The highest BCUT2D eigenvalue weighted by Gasteiger charge is 2.16. The Bertz CT molecular complexity index is 384. The number of aromatic nitrogens is 1. The van der Waals surface area contributed by atoms with E-state index in [4.69, 9.17) is 0 Å². The molecule has 0 atom stereocenters. The Labute approximate surface area is 103 Å². The van der Waals surface area contributed by atoms with E-state index in [1.54, 1.807) is 0 Å². The van der Waals surface area contributed by atoms with Crippen molar-refractivity contribution in [3.63, 3.8) is 0 Å². The lowest BCUT2D eigenvalue weighted by molar-refractivity contribution is -0.119. The smallest absolute Gasteiger partial charge is 0.217 e. The van der Waals surface area contributed by atoms with Gasteiger partial charge in [-0.1, -0.05) is 25.3 Å². The van der Waals surface area contributed by atoms with E-state index >= 15 is 0 Å². The molecule has 0 aliphatic heterocycles. The van der Waals surface area contributed by atoms with Crippen molar-refractivity contribution in [3.8, 4) is 0 Å². The number of hydrogen-bond acceptors (Lipinski definition) is 2. The molecule has 2 rings (SSSR count). The molecule has 0 bridgehead atoms. The summed E-state index contributed by atoms with van der Waals surface area (Å²) in [7, 11) is 0. The minimum atomic E-state index is -0.00475. The molecule has 1 amide bonds. The van der Waals surface area contributed by atoms with E-state index in [-0.39, 0.29) is 5.91 Å². The topological polar surface area (TPSA) is 42.0 Å². The molecule has 0 radical (unpaired) electrons. The van der Waals surface area contributed by atoms with E-state index in [0.29, 0.717) is 12.5 Å². The summed E-state index contributed by atoms with van der Waals surface area (Å²) < 4.78 is 0. The van der Waals surface area contributed by atoms with Crippen LogP contribution >= 0.6 is 0 Å². The van der Waals surface area contributed by atoms with Crippen molar-refractivity contribution < 1.29 is 4.79 Å². The summed E-state index contributed by atoms with van der Waals surface area (Å²) in [5.41, 5.74) is 2.16. The first-order valence-electron chi connectivity index (χ1n) is 6.46. The Kier molecular flexibility index (Phi) is 4.13. The third kappa shape index (κ3) is 3.55. The van der Waals surface area contributed by atoms with E-state index in [2.05, 4.69) is 16.4 Å². The largest absolute Gasteiger partial charge is 0.351 e. The lowest BCUT2D eigenvalue weighted by Crippen LogP contribution is -2.20. The first-order chi connectivity index (χ1) is 8.25. The zero-order valence-corrected chi connectivity index (χ0v) is 10.4. The minimum absolute atomic E-state index is 0.00475. The molecular formula is C14H20N2O. The van der Waals surface area contributed by atoms with Crippen molar-refractivity contribution >= 4 is 5.91 Å². The van der Waals surface area contributed by atoms with E-state index in [0.717, 1.165) is 5.69 Å². The number of nitrogens with one attached hydrogen (secondary N) is 1. The van der Waals surface area contributed by atoms with Gasteiger partial charge in [-0.15, -0.1) is 0 Å². The number of carbonyl (C=O) groups excluding carboxylic acids is 1. The van der Waals surface area contributed by atoms with Gasteiger partial charge in [0.05, 0.1) is 12.2 Å². The SMILES string of the molecule is CC(=O)NCc1cccc(C2CCCCC2)n1. The lowest BCUT2D eigenvalue weighted by Gasteiger charge is -2.21. The van der Waals surface area contributed by atoms with Gasteiger partial charge in [0.15, 0.2) is 0 Å². The van der Waals surface area contributed by atoms with Gasteiger partial charge in [0.1, 0.15) is 0 Å². The van der Waals surface area contributed by atoms with E-state index in [9.17, 15) is 4.79 Å². The molecule has 0 unspecified atom stereocenters. The molecule has 1 heterocycles. The van der Waals surface area contributed by atoms with E-state index in [1.807, 2.05) is 12.1 Å². The first-order valence-corrected chi connectivity index (χ1v) is 6.46. The second-order valence-corrected chi connectivity index (χ2v) is 4.80. The molecule has 0 saturated heterocycles. The predicted octanol–water partition coefficient (Wildman–Crippen LogP) is 2.77. The molecule has 1 fully saturated rings. The number of pyridine rings is 1. The molecule has 92 valence electrons. The van der Waals surface area contributed by atoms with Gasteiger partial charge in [0.2, 0.25) is 5.91 Å². The van der Waals surface area contributed by atoms with Gasteiger partial charge in [-0.05, 0) is 25.0 Å². The van der Waals surface area contributed by atoms with Gasteiger partial charge >= 0.3 is 0 Å². The quantitative estimate of drug-likeness (QED) is 0.870. The normalized spacial score (nSPS) is 16.8.